The zero-order valence-electron chi connectivity index (χ0n) is 13.7. The van der Waals surface area contributed by atoms with E-state index in [-0.39, 0.29) is 0 Å². The Morgan fingerprint density at radius 3 is 0.562 bits per heavy atom. The summed E-state index contributed by atoms with van der Waals surface area (Å²) in [6, 6.07) is 0. The lowest BCUT2D eigenvalue weighted by Gasteiger charge is -1.99. The highest BCUT2D eigenvalue weighted by Crippen LogP contribution is 1.95. The minimum Gasteiger partial charge on any atom is -0.219 e. The minimum atomic E-state index is 1.08. The summed E-state index contributed by atoms with van der Waals surface area (Å²) in [5, 5.41) is 108. The summed E-state index contributed by atoms with van der Waals surface area (Å²) in [6.07, 6.45) is 0. The Morgan fingerprint density at radius 2 is 0.406 bits per heavy atom. The van der Waals surface area contributed by atoms with Crippen LogP contribution in [-0.4, -0.2) is 12.4 Å². The summed E-state index contributed by atoms with van der Waals surface area (Å²) in [5.41, 5.74) is 0. The number of hydrogen-bond donors (Lipinski definition) is 1. The van der Waals surface area contributed by atoms with Gasteiger partial charge >= 0.3 is 0 Å². The molecule has 0 aliphatic rings. The Labute approximate surface area is 165 Å². The smallest absolute Gasteiger partial charge is 0.0745 e. The normalized spacial score (nSPS) is 11.4. The van der Waals surface area contributed by atoms with Crippen LogP contribution in [-0.2, 0) is 151 Å². The van der Waals surface area contributed by atoms with Gasteiger partial charge in [-0.05, 0) is 80.6 Å². The van der Waals surface area contributed by atoms with Crippen molar-refractivity contribution in [3.8, 4) is 0 Å². The van der Waals surface area contributed by atoms with Crippen molar-refractivity contribution in [2.45, 2.75) is 0 Å². The standard InChI is InChI=1S/CH4O31/c1-3-5-7-9-11-13-15-17-19-21-23-25-27-29-31-32-30-28-26-24-22-20-18-16-14-12-10-8-6-4-2/h2H,1H3. The van der Waals surface area contributed by atoms with E-state index in [1.807, 2.05) is 0 Å². The van der Waals surface area contributed by atoms with E-state index in [4.69, 9.17) is 5.26 Å². The largest absolute Gasteiger partial charge is 0.219 e. The Morgan fingerprint density at radius 1 is 0.250 bits per heavy atom. The molecule has 0 amide bonds. The third-order valence-corrected chi connectivity index (χ3v) is 0.848. The summed E-state index contributed by atoms with van der Waals surface area (Å²) in [6.45, 7) is 0. The molecule has 0 aromatic heterocycles. The molecule has 0 fully saturated rings. The van der Waals surface area contributed by atoms with Crippen molar-refractivity contribution in [1.29, 1.82) is 0 Å². The fraction of sp³-hybridized carbons (Fsp3) is 1.00. The molecule has 0 aromatic rings. The van der Waals surface area contributed by atoms with Crippen LogP contribution in [0.5, 0.6) is 0 Å². The van der Waals surface area contributed by atoms with Gasteiger partial charge in [0.05, 0.1) is 7.11 Å². The van der Waals surface area contributed by atoms with Crippen molar-refractivity contribution in [2.75, 3.05) is 7.11 Å². The van der Waals surface area contributed by atoms with E-state index in [1.54, 1.807) is 0 Å². The molecule has 194 valence electrons. The molecule has 0 aliphatic carbocycles. The molecular formula is CH4O31. The van der Waals surface area contributed by atoms with Crippen LogP contribution in [0.25, 0.3) is 0 Å². The maximum atomic E-state index is 7.54. The molecule has 0 saturated heterocycles. The predicted molar refractivity (Wildman–Crippen MR) is 41.1 cm³/mol. The van der Waals surface area contributed by atoms with Crippen molar-refractivity contribution < 1.29 is 156 Å². The van der Waals surface area contributed by atoms with E-state index in [0.717, 1.165) is 7.11 Å². The molecule has 0 heterocycles. The van der Waals surface area contributed by atoms with Crippen LogP contribution in [0, 0.1) is 0 Å². The van der Waals surface area contributed by atoms with Crippen molar-refractivity contribution in [3.05, 3.63) is 0 Å². The lowest BCUT2D eigenvalue weighted by atomic mass is 11.8. The van der Waals surface area contributed by atoms with E-state index in [9.17, 15) is 0 Å². The predicted octanol–water partition coefficient (Wildman–Crippen LogP) is -1.88. The van der Waals surface area contributed by atoms with Crippen LogP contribution in [0.1, 0.15) is 0 Å². The van der Waals surface area contributed by atoms with Crippen molar-refractivity contribution in [1.82, 2.24) is 0 Å². The van der Waals surface area contributed by atoms with Crippen molar-refractivity contribution in [2.24, 2.45) is 0 Å². The van der Waals surface area contributed by atoms with E-state index in [0.29, 0.717) is 0 Å². The van der Waals surface area contributed by atoms with Gasteiger partial charge in [-0.25, -0.2) is 10.1 Å². The SMILES string of the molecule is COOOOOOOOOOOOOOOOOOOOOOOOOOOOOOO. The Kier molecular flexibility index (Phi) is 28.6. The van der Waals surface area contributed by atoms with E-state index < -0.39 is 0 Å². The fourth-order valence-corrected chi connectivity index (χ4v) is 0.335. The molecule has 1 N–H and O–H groups in total. The lowest BCUT2D eigenvalue weighted by molar-refractivity contribution is -0.905. The Balaban J connectivity index is 2.98. The summed E-state index contributed by atoms with van der Waals surface area (Å²) < 4.78 is 0. The molecular weight excluding hydrogens is 508 g/mol. The second kappa shape index (κ2) is 29.8. The van der Waals surface area contributed by atoms with Gasteiger partial charge in [0, 0.05) is 65.5 Å². The number of hydrogen-bond acceptors (Lipinski definition) is 31. The van der Waals surface area contributed by atoms with Crippen LogP contribution >= 0.6 is 0 Å². The highest BCUT2D eigenvalue weighted by atomic mass is 18.0. The van der Waals surface area contributed by atoms with Crippen LogP contribution < -0.4 is 0 Å². The van der Waals surface area contributed by atoms with Crippen molar-refractivity contribution in [3.63, 3.8) is 0 Å². The van der Waals surface area contributed by atoms with Crippen molar-refractivity contribution >= 4 is 0 Å². The first-order chi connectivity index (χ1) is 15.9. The lowest BCUT2D eigenvalue weighted by Crippen LogP contribution is -2.06. The third-order valence-electron chi connectivity index (χ3n) is 0.848. The van der Waals surface area contributed by atoms with Gasteiger partial charge in [0.2, 0.25) is 0 Å². The molecule has 0 atom stereocenters. The van der Waals surface area contributed by atoms with Gasteiger partial charge in [-0.1, -0.05) is 0 Å². The number of rotatable bonds is 29. The summed E-state index contributed by atoms with van der Waals surface area (Å²) in [4.78, 5) is 3.87. The molecule has 0 bridgehead atoms. The molecule has 32 heavy (non-hydrogen) atoms. The molecule has 0 aromatic carbocycles. The zero-order valence-corrected chi connectivity index (χ0v) is 13.7. The first-order valence-electron chi connectivity index (χ1n) is 5.42. The minimum absolute atomic E-state index is 1.08. The maximum absolute atomic E-state index is 7.54. The van der Waals surface area contributed by atoms with Gasteiger partial charge in [-0.15, -0.1) is 0 Å². The highest BCUT2D eigenvalue weighted by Gasteiger charge is 2.01. The molecule has 0 saturated carbocycles. The summed E-state index contributed by atoms with van der Waals surface area (Å²) >= 11 is 0. The van der Waals surface area contributed by atoms with Gasteiger partial charge in [-0.3, -0.25) is 0 Å². The van der Waals surface area contributed by atoms with E-state index >= 15 is 0 Å². The third kappa shape index (κ3) is 28.8. The topological polar surface area (TPSA) is 297 Å². The second-order valence-corrected chi connectivity index (χ2v) is 2.15. The van der Waals surface area contributed by atoms with Gasteiger partial charge in [0.25, 0.3) is 0 Å². The molecule has 0 radical (unpaired) electrons. The maximum Gasteiger partial charge on any atom is 0.0745 e. The summed E-state index contributed by atoms with van der Waals surface area (Å²) in [5.74, 6) is 0. The van der Waals surface area contributed by atoms with E-state index in [2.05, 4.69) is 151 Å². The van der Waals surface area contributed by atoms with Crippen LogP contribution in [0.15, 0.2) is 0 Å². The van der Waals surface area contributed by atoms with Gasteiger partial charge < -0.3 is 0 Å². The average molecular weight is 512 g/mol. The molecule has 0 rings (SSSR count). The van der Waals surface area contributed by atoms with Gasteiger partial charge in [0.15, 0.2) is 0 Å². The van der Waals surface area contributed by atoms with Crippen LogP contribution in [0.3, 0.4) is 0 Å². The highest BCUT2D eigenvalue weighted by molar-refractivity contribution is 3.35. The Hall–Kier alpha value is -1.24. The second-order valence-electron chi connectivity index (χ2n) is 2.15. The first kappa shape index (κ1) is 30.8. The molecule has 0 spiro atoms. The van der Waals surface area contributed by atoms with Gasteiger partial charge in [-0.2, -0.15) is 0 Å². The fourth-order valence-electron chi connectivity index (χ4n) is 0.335. The molecule has 31 nitrogen and oxygen atoms in total. The molecule has 0 unspecified atom stereocenters. The average Bonchev–Trinajstić information content (AvgIpc) is 2.81. The molecule has 0 aliphatic heterocycles. The monoisotopic (exact) mass is 512 g/mol. The quantitative estimate of drug-likeness (QED) is 0.0651. The van der Waals surface area contributed by atoms with Crippen LogP contribution in [0.2, 0.25) is 0 Å². The summed E-state index contributed by atoms with van der Waals surface area (Å²) in [7, 11) is 1.08. The zero-order chi connectivity index (χ0) is 23.2. The van der Waals surface area contributed by atoms with Gasteiger partial charge in [0.1, 0.15) is 0 Å². The Bertz CT molecular complexity index is 271. The molecule has 31 heteroatoms. The van der Waals surface area contributed by atoms with Crippen LogP contribution in [0.4, 0.5) is 0 Å². The first-order valence-corrected chi connectivity index (χ1v) is 5.42. The van der Waals surface area contributed by atoms with E-state index in [1.165, 1.54) is 0 Å².